The second-order valence-corrected chi connectivity index (χ2v) is 5.13. The SMILES string of the molecule is Nc1ccc2c(N3CCC4CC3CO4)ncnc2n1. The highest BCUT2D eigenvalue weighted by atomic mass is 16.5. The fourth-order valence-corrected chi connectivity index (χ4v) is 3.02. The third-order valence-corrected chi connectivity index (χ3v) is 3.96. The van der Waals surface area contributed by atoms with Gasteiger partial charge in [0, 0.05) is 6.54 Å². The van der Waals surface area contributed by atoms with E-state index in [2.05, 4.69) is 19.9 Å². The van der Waals surface area contributed by atoms with Crippen LogP contribution >= 0.6 is 0 Å². The van der Waals surface area contributed by atoms with Gasteiger partial charge in [-0.15, -0.1) is 0 Å². The standard InChI is InChI=1S/C13H15N5O/c14-11-2-1-10-12(17-11)15-7-16-13(10)18-4-3-9-5-8(18)6-19-9/h1-2,7-9H,3-6H2,(H2,14,15,16,17). The number of hydrogen-bond acceptors (Lipinski definition) is 6. The van der Waals surface area contributed by atoms with Crippen LogP contribution in [0.1, 0.15) is 12.8 Å². The maximum atomic E-state index is 5.74. The van der Waals surface area contributed by atoms with Gasteiger partial charge in [-0.3, -0.25) is 0 Å². The third-order valence-electron chi connectivity index (χ3n) is 3.96. The largest absolute Gasteiger partial charge is 0.384 e. The number of anilines is 2. The van der Waals surface area contributed by atoms with Crippen molar-refractivity contribution in [3.8, 4) is 0 Å². The minimum atomic E-state index is 0.425. The Hall–Kier alpha value is -1.95. The first-order chi connectivity index (χ1) is 9.31. The highest BCUT2D eigenvalue weighted by Gasteiger charge is 2.36. The molecule has 4 heterocycles. The fraction of sp³-hybridized carbons (Fsp3) is 0.462. The second-order valence-electron chi connectivity index (χ2n) is 5.13. The average Bonchev–Trinajstić information content (AvgIpc) is 2.80. The number of rotatable bonds is 1. The monoisotopic (exact) mass is 257 g/mol. The summed E-state index contributed by atoms with van der Waals surface area (Å²) in [5, 5.41) is 0.960. The Morgan fingerprint density at radius 3 is 3.21 bits per heavy atom. The van der Waals surface area contributed by atoms with Crippen LogP contribution in [-0.4, -0.2) is 40.2 Å². The molecule has 2 saturated heterocycles. The van der Waals surface area contributed by atoms with E-state index in [0.717, 1.165) is 37.2 Å². The van der Waals surface area contributed by atoms with Gasteiger partial charge in [-0.25, -0.2) is 15.0 Å². The Labute approximate surface area is 110 Å². The molecular weight excluding hydrogens is 242 g/mol. The quantitative estimate of drug-likeness (QED) is 0.820. The summed E-state index contributed by atoms with van der Waals surface area (Å²) >= 11 is 0. The summed E-state index contributed by atoms with van der Waals surface area (Å²) in [6.07, 6.45) is 4.15. The molecule has 6 nitrogen and oxygen atoms in total. The van der Waals surface area contributed by atoms with Gasteiger partial charge in [0.05, 0.1) is 24.1 Å². The highest BCUT2D eigenvalue weighted by Crippen LogP contribution is 2.33. The van der Waals surface area contributed by atoms with Crippen LogP contribution in [0.2, 0.25) is 0 Å². The summed E-state index contributed by atoms with van der Waals surface area (Å²) in [7, 11) is 0. The van der Waals surface area contributed by atoms with Gasteiger partial charge in [-0.05, 0) is 25.0 Å². The van der Waals surface area contributed by atoms with Crippen molar-refractivity contribution >= 4 is 22.7 Å². The number of hydrogen-bond donors (Lipinski definition) is 1. The van der Waals surface area contributed by atoms with E-state index in [1.165, 1.54) is 0 Å². The minimum absolute atomic E-state index is 0.425. The average molecular weight is 257 g/mol. The maximum Gasteiger partial charge on any atom is 0.166 e. The van der Waals surface area contributed by atoms with Crippen molar-refractivity contribution in [2.24, 2.45) is 0 Å². The Bertz CT molecular complexity index is 631. The molecule has 2 atom stereocenters. The lowest BCUT2D eigenvalue weighted by atomic mass is 10.0. The molecule has 2 aromatic heterocycles. The van der Waals surface area contributed by atoms with Crippen molar-refractivity contribution < 1.29 is 4.74 Å². The molecule has 2 aromatic rings. The van der Waals surface area contributed by atoms with Crippen LogP contribution in [0.3, 0.4) is 0 Å². The van der Waals surface area contributed by atoms with Gasteiger partial charge >= 0.3 is 0 Å². The number of aromatic nitrogens is 3. The van der Waals surface area contributed by atoms with E-state index < -0.39 is 0 Å². The lowest BCUT2D eigenvalue weighted by molar-refractivity contribution is 0.111. The first-order valence-corrected chi connectivity index (χ1v) is 6.57. The van der Waals surface area contributed by atoms with Gasteiger partial charge < -0.3 is 15.4 Å². The molecule has 0 radical (unpaired) electrons. The number of pyridine rings is 1. The summed E-state index contributed by atoms with van der Waals surface area (Å²) in [4.78, 5) is 15.2. The molecule has 0 aromatic carbocycles. The Kier molecular flexibility index (Phi) is 2.32. The summed E-state index contributed by atoms with van der Waals surface area (Å²) in [5.74, 6) is 1.44. The predicted molar refractivity (Wildman–Crippen MR) is 71.9 cm³/mol. The van der Waals surface area contributed by atoms with Gasteiger partial charge in [0.25, 0.3) is 0 Å². The van der Waals surface area contributed by atoms with Crippen LogP contribution in [0.4, 0.5) is 11.6 Å². The van der Waals surface area contributed by atoms with Crippen LogP contribution in [0, 0.1) is 0 Å². The molecule has 2 bridgehead atoms. The molecule has 2 aliphatic rings. The Balaban J connectivity index is 1.82. The molecule has 0 amide bonds. The van der Waals surface area contributed by atoms with Crippen molar-refractivity contribution in [1.29, 1.82) is 0 Å². The number of nitrogen functional groups attached to an aromatic ring is 1. The number of piperidine rings is 1. The zero-order valence-electron chi connectivity index (χ0n) is 10.5. The molecule has 0 spiro atoms. The lowest BCUT2D eigenvalue weighted by Crippen LogP contribution is -2.41. The molecule has 4 rings (SSSR count). The number of nitrogens with two attached hydrogens (primary N) is 1. The molecule has 98 valence electrons. The van der Waals surface area contributed by atoms with Gasteiger partial charge in [-0.1, -0.05) is 0 Å². The molecule has 0 aliphatic carbocycles. The van der Waals surface area contributed by atoms with E-state index in [1.807, 2.05) is 6.07 Å². The van der Waals surface area contributed by atoms with Gasteiger partial charge in [0.1, 0.15) is 18.0 Å². The third kappa shape index (κ3) is 1.71. The van der Waals surface area contributed by atoms with Crippen LogP contribution in [0.25, 0.3) is 11.0 Å². The van der Waals surface area contributed by atoms with E-state index in [0.29, 0.717) is 23.6 Å². The van der Waals surface area contributed by atoms with Crippen LogP contribution < -0.4 is 10.6 Å². The van der Waals surface area contributed by atoms with E-state index in [4.69, 9.17) is 10.5 Å². The van der Waals surface area contributed by atoms with E-state index in [9.17, 15) is 0 Å². The van der Waals surface area contributed by atoms with E-state index in [1.54, 1.807) is 12.4 Å². The predicted octanol–water partition coefficient (Wildman–Crippen LogP) is 0.975. The normalized spacial score (nSPS) is 26.0. The van der Waals surface area contributed by atoms with Crippen LogP contribution in [-0.2, 0) is 4.74 Å². The van der Waals surface area contributed by atoms with Gasteiger partial charge in [0.15, 0.2) is 5.65 Å². The maximum absolute atomic E-state index is 5.74. The van der Waals surface area contributed by atoms with Gasteiger partial charge in [0.2, 0.25) is 0 Å². The van der Waals surface area contributed by atoms with Crippen molar-refractivity contribution in [3.05, 3.63) is 18.5 Å². The fourth-order valence-electron chi connectivity index (χ4n) is 3.02. The van der Waals surface area contributed by atoms with E-state index >= 15 is 0 Å². The summed E-state index contributed by atoms with van der Waals surface area (Å²) in [6, 6.07) is 4.18. The summed E-state index contributed by atoms with van der Waals surface area (Å²) in [6.45, 7) is 1.77. The first-order valence-electron chi connectivity index (χ1n) is 6.57. The van der Waals surface area contributed by atoms with Crippen LogP contribution in [0.5, 0.6) is 0 Å². The molecule has 2 N–H and O–H groups in total. The van der Waals surface area contributed by atoms with Crippen LogP contribution in [0.15, 0.2) is 18.5 Å². The van der Waals surface area contributed by atoms with Crippen molar-refractivity contribution in [2.75, 3.05) is 23.8 Å². The second kappa shape index (κ2) is 4.03. The smallest absolute Gasteiger partial charge is 0.166 e. The molecular formula is C13H15N5O. The molecule has 6 heteroatoms. The molecule has 2 fully saturated rings. The Morgan fingerprint density at radius 1 is 1.32 bits per heavy atom. The lowest BCUT2D eigenvalue weighted by Gasteiger charge is -2.33. The first kappa shape index (κ1) is 10.9. The van der Waals surface area contributed by atoms with Gasteiger partial charge in [-0.2, -0.15) is 0 Å². The number of ether oxygens (including phenoxy) is 1. The van der Waals surface area contributed by atoms with Crippen molar-refractivity contribution in [2.45, 2.75) is 25.0 Å². The molecule has 2 unspecified atom stereocenters. The van der Waals surface area contributed by atoms with Crippen molar-refractivity contribution in [3.63, 3.8) is 0 Å². The zero-order chi connectivity index (χ0) is 12.8. The highest BCUT2D eigenvalue weighted by molar-refractivity contribution is 5.87. The number of nitrogens with zero attached hydrogens (tertiary/aromatic N) is 4. The molecule has 0 saturated carbocycles. The topological polar surface area (TPSA) is 77.2 Å². The van der Waals surface area contributed by atoms with Crippen molar-refractivity contribution in [1.82, 2.24) is 15.0 Å². The zero-order valence-corrected chi connectivity index (χ0v) is 10.5. The summed E-state index contributed by atoms with van der Waals surface area (Å²) < 4.78 is 5.74. The molecule has 19 heavy (non-hydrogen) atoms. The number of fused-ring (bicyclic) bond motifs is 3. The van der Waals surface area contributed by atoms with E-state index in [-0.39, 0.29) is 0 Å². The Morgan fingerprint density at radius 2 is 2.26 bits per heavy atom. The molecule has 2 aliphatic heterocycles. The minimum Gasteiger partial charge on any atom is -0.384 e. The summed E-state index contributed by atoms with van der Waals surface area (Å²) in [5.41, 5.74) is 6.37.